The molecule has 0 spiro atoms. The molecule has 0 radical (unpaired) electrons. The van der Waals surface area contributed by atoms with Crippen molar-refractivity contribution in [1.82, 2.24) is 9.80 Å². The number of halogens is 3. The van der Waals surface area contributed by atoms with Crippen LogP contribution in [-0.2, 0) is 14.3 Å². The fourth-order valence-electron chi connectivity index (χ4n) is 1.63. The van der Waals surface area contributed by atoms with Crippen LogP contribution in [0.3, 0.4) is 0 Å². The molecule has 8 heteroatoms. The van der Waals surface area contributed by atoms with Crippen LogP contribution in [-0.4, -0.2) is 61.3 Å². The highest BCUT2D eigenvalue weighted by Gasteiger charge is 2.36. The first-order chi connectivity index (χ1) is 8.73. The number of hydrogen-bond donors (Lipinski definition) is 0. The Hall–Kier alpha value is -1.57. The highest BCUT2D eigenvalue weighted by atomic mass is 19.4. The van der Waals surface area contributed by atoms with Gasteiger partial charge in [-0.25, -0.2) is 0 Å². The Balaban J connectivity index is 2.25. The molecule has 1 saturated heterocycles. The molecular weight excluding hydrogens is 265 g/mol. The summed E-state index contributed by atoms with van der Waals surface area (Å²) < 4.78 is 39.0. The van der Waals surface area contributed by atoms with E-state index in [4.69, 9.17) is 0 Å². The Morgan fingerprint density at radius 2 is 2.05 bits per heavy atom. The minimum atomic E-state index is -4.64. The van der Waals surface area contributed by atoms with E-state index >= 15 is 0 Å². The van der Waals surface area contributed by atoms with Gasteiger partial charge in [0.05, 0.1) is 13.2 Å². The lowest BCUT2D eigenvalue weighted by Crippen LogP contribution is -2.54. The Morgan fingerprint density at radius 3 is 2.53 bits per heavy atom. The monoisotopic (exact) mass is 280 g/mol. The molecule has 5 nitrogen and oxygen atoms in total. The van der Waals surface area contributed by atoms with Crippen LogP contribution in [0.4, 0.5) is 13.2 Å². The Bertz CT molecular complexity index is 365. The lowest BCUT2D eigenvalue weighted by Gasteiger charge is -2.39. The zero-order chi connectivity index (χ0) is 14.6. The smallest absolute Gasteiger partial charge is 0.340 e. The summed E-state index contributed by atoms with van der Waals surface area (Å²) in [5.41, 5.74) is 0. The minimum absolute atomic E-state index is 0.113. The molecule has 0 aromatic carbocycles. The minimum Gasteiger partial charge on any atom is -0.340 e. The van der Waals surface area contributed by atoms with E-state index in [1.54, 1.807) is 0 Å². The van der Waals surface area contributed by atoms with Crippen LogP contribution in [0, 0.1) is 5.92 Å². The molecule has 0 unspecified atom stereocenters. The van der Waals surface area contributed by atoms with E-state index < -0.39 is 13.0 Å². The maximum Gasteiger partial charge on any atom is 0.522 e. The average molecular weight is 280 g/mol. The van der Waals surface area contributed by atoms with Crippen molar-refractivity contribution in [2.45, 2.75) is 6.36 Å². The molecule has 0 aliphatic carbocycles. The third kappa shape index (κ3) is 4.90. The number of alkyl halides is 3. The van der Waals surface area contributed by atoms with Crippen molar-refractivity contribution in [2.24, 2.45) is 5.92 Å². The van der Waals surface area contributed by atoms with E-state index in [1.807, 2.05) is 0 Å². The Morgan fingerprint density at radius 1 is 1.47 bits per heavy atom. The molecular formula is C11H15F3N2O3. The first-order valence-electron chi connectivity index (χ1n) is 5.59. The van der Waals surface area contributed by atoms with Gasteiger partial charge in [0.25, 0.3) is 0 Å². The van der Waals surface area contributed by atoms with Gasteiger partial charge in [-0.05, 0) is 6.08 Å². The Kier molecular flexibility index (Phi) is 4.93. The van der Waals surface area contributed by atoms with E-state index in [9.17, 15) is 22.8 Å². The van der Waals surface area contributed by atoms with E-state index in [0.717, 1.165) is 6.08 Å². The van der Waals surface area contributed by atoms with Crippen molar-refractivity contribution in [1.29, 1.82) is 0 Å². The average Bonchev–Trinajstić information content (AvgIpc) is 2.23. The summed E-state index contributed by atoms with van der Waals surface area (Å²) in [6.07, 6.45) is -3.55. The largest absolute Gasteiger partial charge is 0.522 e. The molecule has 19 heavy (non-hydrogen) atoms. The van der Waals surface area contributed by atoms with Crippen LogP contribution in [0.2, 0.25) is 0 Å². The fraction of sp³-hybridized carbons (Fsp3) is 0.636. The molecule has 0 atom stereocenters. The van der Waals surface area contributed by atoms with E-state index in [-0.39, 0.29) is 37.4 Å². The molecule has 0 aromatic rings. The fourth-order valence-corrected chi connectivity index (χ4v) is 1.63. The zero-order valence-corrected chi connectivity index (χ0v) is 10.4. The first kappa shape index (κ1) is 15.5. The quantitative estimate of drug-likeness (QED) is 0.694. The molecule has 1 aliphatic rings. The number of rotatable bonds is 5. The Labute approximate surface area is 108 Å². The third-order valence-electron chi connectivity index (χ3n) is 2.72. The summed E-state index contributed by atoms with van der Waals surface area (Å²) in [6, 6.07) is 0. The molecule has 0 bridgehead atoms. The van der Waals surface area contributed by atoms with Crippen LogP contribution in [0.5, 0.6) is 0 Å². The SMILES string of the molecule is C=CC(=O)N(C)CC(=O)N1CC(COC(F)(F)F)C1. The van der Waals surface area contributed by atoms with Gasteiger partial charge in [0.2, 0.25) is 11.8 Å². The van der Waals surface area contributed by atoms with Crippen molar-refractivity contribution in [3.05, 3.63) is 12.7 Å². The highest BCUT2D eigenvalue weighted by molar-refractivity contribution is 5.90. The lowest BCUT2D eigenvalue weighted by atomic mass is 10.0. The van der Waals surface area contributed by atoms with E-state index in [2.05, 4.69) is 11.3 Å². The number of nitrogens with zero attached hydrogens (tertiary/aromatic N) is 2. The summed E-state index contributed by atoms with van der Waals surface area (Å²) in [5.74, 6) is -1.00. The second-order valence-corrected chi connectivity index (χ2v) is 4.32. The molecule has 2 amide bonds. The molecule has 1 rings (SSSR count). The van der Waals surface area contributed by atoms with Crippen molar-refractivity contribution >= 4 is 11.8 Å². The summed E-state index contributed by atoms with van der Waals surface area (Å²) in [4.78, 5) is 25.4. The van der Waals surface area contributed by atoms with Gasteiger partial charge in [-0.2, -0.15) is 0 Å². The van der Waals surface area contributed by atoms with Crippen LogP contribution >= 0.6 is 0 Å². The van der Waals surface area contributed by atoms with Crippen LogP contribution in [0.25, 0.3) is 0 Å². The zero-order valence-electron chi connectivity index (χ0n) is 10.4. The number of carbonyl (C=O) groups excluding carboxylic acids is 2. The number of carbonyl (C=O) groups is 2. The van der Waals surface area contributed by atoms with Gasteiger partial charge in [0, 0.05) is 26.1 Å². The number of hydrogen-bond acceptors (Lipinski definition) is 3. The first-order valence-corrected chi connectivity index (χ1v) is 5.59. The van der Waals surface area contributed by atoms with Gasteiger partial charge < -0.3 is 9.80 Å². The van der Waals surface area contributed by atoms with Gasteiger partial charge >= 0.3 is 6.36 Å². The lowest BCUT2D eigenvalue weighted by molar-refractivity contribution is -0.330. The molecule has 0 N–H and O–H groups in total. The van der Waals surface area contributed by atoms with E-state index in [1.165, 1.54) is 16.8 Å². The van der Waals surface area contributed by atoms with Gasteiger partial charge in [0.1, 0.15) is 0 Å². The van der Waals surface area contributed by atoms with Gasteiger partial charge in [0.15, 0.2) is 0 Å². The molecule has 108 valence electrons. The van der Waals surface area contributed by atoms with Gasteiger partial charge in [-0.1, -0.05) is 6.58 Å². The molecule has 1 aliphatic heterocycles. The molecule has 1 heterocycles. The maximum absolute atomic E-state index is 11.8. The van der Waals surface area contributed by atoms with Crippen molar-refractivity contribution in [2.75, 3.05) is 33.3 Å². The topological polar surface area (TPSA) is 49.9 Å². The summed E-state index contributed by atoms with van der Waals surface area (Å²) in [5, 5.41) is 0. The standard InChI is InChI=1S/C11H15F3N2O3/c1-3-9(17)15(2)6-10(18)16-4-8(5-16)7-19-11(12,13)14/h3,8H,1,4-7H2,2H3. The number of ether oxygens (including phenoxy) is 1. The summed E-state index contributed by atoms with van der Waals surface area (Å²) in [6.45, 7) is 3.15. The molecule has 1 fully saturated rings. The van der Waals surface area contributed by atoms with Crippen LogP contribution in [0.15, 0.2) is 12.7 Å². The predicted molar refractivity (Wildman–Crippen MR) is 59.9 cm³/mol. The number of likely N-dealkylation sites (N-methyl/N-ethyl adjacent to an activating group) is 1. The van der Waals surface area contributed by atoms with Gasteiger partial charge in [-0.3, -0.25) is 14.3 Å². The predicted octanol–water partition coefficient (Wildman–Crippen LogP) is 0.626. The van der Waals surface area contributed by atoms with Gasteiger partial charge in [-0.15, -0.1) is 13.2 Å². The van der Waals surface area contributed by atoms with Crippen molar-refractivity contribution < 1.29 is 27.5 Å². The van der Waals surface area contributed by atoms with Crippen LogP contribution < -0.4 is 0 Å². The summed E-state index contributed by atoms with van der Waals surface area (Å²) >= 11 is 0. The molecule has 0 saturated carbocycles. The highest BCUT2D eigenvalue weighted by Crippen LogP contribution is 2.22. The van der Waals surface area contributed by atoms with Crippen molar-refractivity contribution in [3.8, 4) is 0 Å². The maximum atomic E-state index is 11.8. The molecule has 0 aromatic heterocycles. The third-order valence-corrected chi connectivity index (χ3v) is 2.72. The second-order valence-electron chi connectivity index (χ2n) is 4.32. The second kappa shape index (κ2) is 6.05. The van der Waals surface area contributed by atoms with Crippen molar-refractivity contribution in [3.63, 3.8) is 0 Å². The number of likely N-dealkylation sites (tertiary alicyclic amines) is 1. The number of amides is 2. The van der Waals surface area contributed by atoms with E-state index in [0.29, 0.717) is 0 Å². The summed E-state index contributed by atoms with van der Waals surface area (Å²) in [7, 11) is 1.45. The normalized spacial score (nSPS) is 15.9. The van der Waals surface area contributed by atoms with Crippen LogP contribution in [0.1, 0.15) is 0 Å².